The van der Waals surface area contributed by atoms with E-state index in [0.29, 0.717) is 12.8 Å². The van der Waals surface area contributed by atoms with Crippen molar-refractivity contribution in [3.63, 3.8) is 0 Å². The van der Waals surface area contributed by atoms with E-state index in [0.717, 1.165) is 25.7 Å². The minimum Gasteiger partial charge on any atom is -0.344 e. The number of rotatable bonds is 1. The maximum absolute atomic E-state index is 11.2. The summed E-state index contributed by atoms with van der Waals surface area (Å²) < 4.78 is 0. The molecule has 13 heavy (non-hydrogen) atoms. The van der Waals surface area contributed by atoms with Gasteiger partial charge in [0.2, 0.25) is 10.7 Å². The molecule has 1 saturated carbocycles. The van der Waals surface area contributed by atoms with E-state index in [1.807, 2.05) is 0 Å². The highest BCUT2D eigenvalue weighted by Gasteiger charge is 2.33. The maximum Gasteiger partial charge on any atom is 0.314 e. The molecule has 0 aromatic heterocycles. The Labute approximate surface area is 77.2 Å². The fourth-order valence-electron chi connectivity index (χ4n) is 1.55. The lowest BCUT2D eigenvalue weighted by atomic mass is 9.96. The molecule has 0 bridgehead atoms. The minimum absolute atomic E-state index is 0. The van der Waals surface area contributed by atoms with Crippen molar-refractivity contribution in [3.05, 3.63) is 4.91 Å². The van der Waals surface area contributed by atoms with Crippen molar-refractivity contribution < 1.29 is 14.9 Å². The van der Waals surface area contributed by atoms with Gasteiger partial charge in [0.15, 0.2) is 0 Å². The van der Waals surface area contributed by atoms with E-state index in [-0.39, 0.29) is 16.9 Å². The SMILES string of the molecule is N.O=C1CCCCCCC1[N+](=O)O. The predicted octanol–water partition coefficient (Wildman–Crippen LogP) is 1.61. The molecule has 1 aliphatic rings. The Hall–Kier alpha value is -0.970. The quantitative estimate of drug-likeness (QED) is 0.613. The van der Waals surface area contributed by atoms with Crippen LogP contribution in [0.25, 0.3) is 0 Å². The molecule has 0 aliphatic heterocycles. The summed E-state index contributed by atoms with van der Waals surface area (Å²) in [5.74, 6) is -0.118. The van der Waals surface area contributed by atoms with Gasteiger partial charge in [-0.15, -0.1) is 0 Å². The fraction of sp³-hybridized carbons (Fsp3) is 0.875. The molecule has 0 saturated heterocycles. The summed E-state index contributed by atoms with van der Waals surface area (Å²) in [6.45, 7) is 0. The van der Waals surface area contributed by atoms with Crippen LogP contribution in [0.15, 0.2) is 0 Å². The van der Waals surface area contributed by atoms with Crippen LogP contribution in [0.1, 0.15) is 38.5 Å². The zero-order chi connectivity index (χ0) is 8.97. The smallest absolute Gasteiger partial charge is 0.314 e. The fourth-order valence-corrected chi connectivity index (χ4v) is 1.55. The predicted molar refractivity (Wildman–Crippen MR) is 46.9 cm³/mol. The average Bonchev–Trinajstić information content (AvgIpc) is 1.96. The van der Waals surface area contributed by atoms with Gasteiger partial charge in [-0.1, -0.05) is 12.8 Å². The summed E-state index contributed by atoms with van der Waals surface area (Å²) in [5.41, 5.74) is 0. The van der Waals surface area contributed by atoms with Crippen LogP contribution in [0.2, 0.25) is 0 Å². The van der Waals surface area contributed by atoms with Gasteiger partial charge in [-0.2, -0.15) is 0 Å². The van der Waals surface area contributed by atoms with E-state index >= 15 is 0 Å². The zero-order valence-corrected chi connectivity index (χ0v) is 7.74. The zero-order valence-electron chi connectivity index (χ0n) is 7.74. The molecule has 1 unspecified atom stereocenters. The average molecular weight is 189 g/mol. The second-order valence-electron chi connectivity index (χ2n) is 3.24. The van der Waals surface area contributed by atoms with Crippen molar-refractivity contribution in [1.29, 1.82) is 0 Å². The Balaban J connectivity index is 0.00000144. The van der Waals surface area contributed by atoms with Crippen LogP contribution < -0.4 is 6.15 Å². The van der Waals surface area contributed by atoms with Crippen molar-refractivity contribution in [2.24, 2.45) is 0 Å². The topological polar surface area (TPSA) is 92.4 Å². The number of carbonyl (C=O) groups is 1. The van der Waals surface area contributed by atoms with Gasteiger partial charge >= 0.3 is 6.04 Å². The standard InChI is InChI=1S/C8H14NO3.H3N/c10-8-6-4-2-1-3-5-7(8)9(11)12;/h7H,1-6H2,(H,11,12);1H3/q+1;. The molecule has 1 rings (SSSR count). The second kappa shape index (κ2) is 5.64. The third-order valence-corrected chi connectivity index (χ3v) is 2.29. The van der Waals surface area contributed by atoms with Crippen molar-refractivity contribution in [2.75, 3.05) is 0 Å². The summed E-state index contributed by atoms with van der Waals surface area (Å²) in [6, 6.07) is -0.801. The largest absolute Gasteiger partial charge is 0.344 e. The van der Waals surface area contributed by atoms with Crippen molar-refractivity contribution >= 4 is 5.78 Å². The maximum atomic E-state index is 11.2. The molecule has 0 heterocycles. The summed E-state index contributed by atoms with van der Waals surface area (Å²) in [4.78, 5) is 21.5. The molecule has 0 aromatic carbocycles. The van der Waals surface area contributed by atoms with Crippen molar-refractivity contribution in [1.82, 2.24) is 6.15 Å². The number of ketones is 1. The summed E-state index contributed by atoms with van der Waals surface area (Å²) in [7, 11) is 0. The highest BCUT2D eigenvalue weighted by Crippen LogP contribution is 2.15. The third-order valence-electron chi connectivity index (χ3n) is 2.29. The van der Waals surface area contributed by atoms with Crippen LogP contribution in [-0.2, 0) is 4.79 Å². The molecule has 76 valence electrons. The molecular formula is C8H17N2O3+. The minimum atomic E-state index is -0.801. The molecule has 0 spiro atoms. The van der Waals surface area contributed by atoms with E-state index in [2.05, 4.69) is 0 Å². The van der Waals surface area contributed by atoms with E-state index < -0.39 is 6.04 Å². The van der Waals surface area contributed by atoms with E-state index in [1.54, 1.807) is 0 Å². The molecule has 0 radical (unpaired) electrons. The number of hydrogen-bond acceptors (Lipinski definition) is 3. The Morgan fingerprint density at radius 1 is 1.23 bits per heavy atom. The Kier molecular flexibility index (Phi) is 5.22. The van der Waals surface area contributed by atoms with Crippen molar-refractivity contribution in [3.8, 4) is 0 Å². The molecule has 1 fully saturated rings. The molecule has 4 N–H and O–H groups in total. The summed E-state index contributed by atoms with van der Waals surface area (Å²) in [5, 5.41) is 8.62. The first-order valence-electron chi connectivity index (χ1n) is 4.40. The highest BCUT2D eigenvalue weighted by molar-refractivity contribution is 5.82. The number of carbonyl (C=O) groups excluding carboxylic acids is 1. The molecular weight excluding hydrogens is 172 g/mol. The lowest BCUT2D eigenvalue weighted by Gasteiger charge is -2.08. The van der Waals surface area contributed by atoms with Gasteiger partial charge in [0.1, 0.15) is 0 Å². The van der Waals surface area contributed by atoms with E-state index in [4.69, 9.17) is 5.21 Å². The van der Waals surface area contributed by atoms with Gasteiger partial charge in [0, 0.05) is 12.8 Å². The first kappa shape index (κ1) is 12.0. The Morgan fingerprint density at radius 3 is 2.46 bits per heavy atom. The van der Waals surface area contributed by atoms with Gasteiger partial charge in [0.25, 0.3) is 0 Å². The normalized spacial score (nSPS) is 24.0. The molecule has 1 aliphatic carbocycles. The lowest BCUT2D eigenvalue weighted by molar-refractivity contribution is -0.806. The molecule has 0 aromatic rings. The Morgan fingerprint density at radius 2 is 1.85 bits per heavy atom. The molecule has 5 nitrogen and oxygen atoms in total. The van der Waals surface area contributed by atoms with Crippen LogP contribution in [0.3, 0.4) is 0 Å². The lowest BCUT2D eigenvalue weighted by Crippen LogP contribution is -2.31. The summed E-state index contributed by atoms with van der Waals surface area (Å²) >= 11 is 0. The van der Waals surface area contributed by atoms with Gasteiger partial charge < -0.3 is 6.15 Å². The van der Waals surface area contributed by atoms with Crippen molar-refractivity contribution in [2.45, 2.75) is 44.6 Å². The monoisotopic (exact) mass is 189 g/mol. The first-order chi connectivity index (χ1) is 5.72. The molecule has 1 atom stereocenters. The summed E-state index contributed by atoms with van der Waals surface area (Å²) in [6.07, 6.45) is 4.75. The Bertz CT molecular complexity index is 194. The van der Waals surface area contributed by atoms with E-state index in [1.165, 1.54) is 0 Å². The second-order valence-corrected chi connectivity index (χ2v) is 3.24. The molecule has 5 heteroatoms. The number of nitrogens with zero attached hydrogens (tertiary/aromatic N) is 1. The van der Waals surface area contributed by atoms with Gasteiger partial charge in [-0.05, 0) is 12.8 Å². The van der Waals surface area contributed by atoms with Crippen LogP contribution in [0, 0.1) is 4.91 Å². The van der Waals surface area contributed by atoms with Gasteiger partial charge in [0.05, 0.1) is 4.91 Å². The van der Waals surface area contributed by atoms with Gasteiger partial charge in [-0.25, -0.2) is 5.21 Å². The van der Waals surface area contributed by atoms with Crippen LogP contribution in [0.4, 0.5) is 0 Å². The molecule has 0 amide bonds. The number of hydrogen-bond donors (Lipinski definition) is 2. The number of Topliss-reactive ketones (excluding diaryl/α,β-unsaturated/α-hetero) is 1. The van der Waals surface area contributed by atoms with Gasteiger partial charge in [-0.3, -0.25) is 4.79 Å². The first-order valence-corrected chi connectivity index (χ1v) is 4.40. The third kappa shape index (κ3) is 3.50. The van der Waals surface area contributed by atoms with Crippen LogP contribution >= 0.6 is 0 Å². The van der Waals surface area contributed by atoms with Crippen LogP contribution in [0.5, 0.6) is 0 Å². The van der Waals surface area contributed by atoms with Crippen LogP contribution in [-0.4, -0.2) is 22.0 Å². The van der Waals surface area contributed by atoms with E-state index in [9.17, 15) is 9.70 Å². The highest BCUT2D eigenvalue weighted by atomic mass is 16.6.